The second-order valence-corrected chi connectivity index (χ2v) is 4.78. The molecule has 94 valence electrons. The summed E-state index contributed by atoms with van der Waals surface area (Å²) in [5.41, 5.74) is 0. The molecule has 2 aromatic carbocycles. The van der Waals surface area contributed by atoms with Gasteiger partial charge in [0, 0.05) is 4.90 Å². The molecule has 0 spiro atoms. The first kappa shape index (κ1) is 12.8. The van der Waals surface area contributed by atoms with Gasteiger partial charge in [0.2, 0.25) is 0 Å². The van der Waals surface area contributed by atoms with Gasteiger partial charge in [-0.15, -0.1) is 0 Å². The summed E-state index contributed by atoms with van der Waals surface area (Å²) in [6.45, 7) is 2.65. The van der Waals surface area contributed by atoms with Crippen LogP contribution in [0.25, 0.3) is 0 Å². The largest absolute Gasteiger partial charge is 0.496 e. The minimum atomic E-state index is 0.668. The second-order valence-electron chi connectivity index (χ2n) is 3.66. The third-order valence-electron chi connectivity index (χ3n) is 2.42. The summed E-state index contributed by atoms with van der Waals surface area (Å²) in [5.74, 6) is 1.74. The molecule has 2 rings (SSSR count). The minimum absolute atomic E-state index is 0.668. The standard InChI is InChI=1S/C15H16O2S/c1-3-17-12-9-10-14(16-2)15(11-12)18-13-7-5-4-6-8-13/h4-11H,3H2,1-2H3. The van der Waals surface area contributed by atoms with Crippen molar-refractivity contribution in [2.45, 2.75) is 16.7 Å². The smallest absolute Gasteiger partial charge is 0.133 e. The molecule has 0 aliphatic heterocycles. The van der Waals surface area contributed by atoms with E-state index in [4.69, 9.17) is 9.47 Å². The van der Waals surface area contributed by atoms with E-state index in [-0.39, 0.29) is 0 Å². The van der Waals surface area contributed by atoms with Crippen LogP contribution in [-0.4, -0.2) is 13.7 Å². The summed E-state index contributed by atoms with van der Waals surface area (Å²) in [6, 6.07) is 16.1. The van der Waals surface area contributed by atoms with E-state index in [2.05, 4.69) is 12.1 Å². The highest BCUT2D eigenvalue weighted by molar-refractivity contribution is 7.99. The van der Waals surface area contributed by atoms with Crippen molar-refractivity contribution in [1.82, 2.24) is 0 Å². The van der Waals surface area contributed by atoms with Crippen LogP contribution in [0.4, 0.5) is 0 Å². The van der Waals surface area contributed by atoms with Crippen LogP contribution in [0.1, 0.15) is 6.92 Å². The molecular formula is C15H16O2S. The fourth-order valence-electron chi connectivity index (χ4n) is 1.61. The highest BCUT2D eigenvalue weighted by Gasteiger charge is 2.06. The molecule has 0 N–H and O–H groups in total. The van der Waals surface area contributed by atoms with E-state index in [1.54, 1.807) is 18.9 Å². The van der Waals surface area contributed by atoms with E-state index in [0.717, 1.165) is 16.4 Å². The first-order chi connectivity index (χ1) is 8.83. The lowest BCUT2D eigenvalue weighted by Crippen LogP contribution is -1.93. The van der Waals surface area contributed by atoms with Crippen LogP contribution in [0, 0.1) is 0 Å². The van der Waals surface area contributed by atoms with Gasteiger partial charge in [0.05, 0.1) is 18.6 Å². The third kappa shape index (κ3) is 3.20. The Hall–Kier alpha value is -1.61. The zero-order chi connectivity index (χ0) is 12.8. The van der Waals surface area contributed by atoms with Gasteiger partial charge in [-0.3, -0.25) is 0 Å². The van der Waals surface area contributed by atoms with Crippen molar-refractivity contribution in [2.75, 3.05) is 13.7 Å². The molecule has 0 aromatic heterocycles. The van der Waals surface area contributed by atoms with Crippen molar-refractivity contribution in [3.8, 4) is 11.5 Å². The lowest BCUT2D eigenvalue weighted by molar-refractivity contribution is 0.337. The van der Waals surface area contributed by atoms with E-state index >= 15 is 0 Å². The zero-order valence-electron chi connectivity index (χ0n) is 10.6. The number of rotatable bonds is 5. The lowest BCUT2D eigenvalue weighted by Gasteiger charge is -2.10. The topological polar surface area (TPSA) is 18.5 Å². The van der Waals surface area contributed by atoms with Crippen molar-refractivity contribution in [3.63, 3.8) is 0 Å². The molecule has 2 aromatic rings. The maximum absolute atomic E-state index is 5.51. The van der Waals surface area contributed by atoms with Crippen molar-refractivity contribution in [3.05, 3.63) is 48.5 Å². The highest BCUT2D eigenvalue weighted by Crippen LogP contribution is 2.37. The van der Waals surface area contributed by atoms with Crippen LogP contribution in [0.3, 0.4) is 0 Å². The molecule has 0 unspecified atom stereocenters. The van der Waals surface area contributed by atoms with E-state index in [9.17, 15) is 0 Å². The summed E-state index contributed by atoms with van der Waals surface area (Å²) >= 11 is 1.67. The normalized spacial score (nSPS) is 10.1. The number of ether oxygens (including phenoxy) is 2. The molecular weight excluding hydrogens is 244 g/mol. The first-order valence-electron chi connectivity index (χ1n) is 5.87. The van der Waals surface area contributed by atoms with Gasteiger partial charge in [-0.2, -0.15) is 0 Å². The van der Waals surface area contributed by atoms with Gasteiger partial charge in [0.1, 0.15) is 11.5 Å². The number of benzene rings is 2. The Morgan fingerprint density at radius 2 is 1.83 bits per heavy atom. The molecule has 0 amide bonds. The van der Waals surface area contributed by atoms with Crippen LogP contribution in [0.2, 0.25) is 0 Å². The molecule has 18 heavy (non-hydrogen) atoms. The highest BCUT2D eigenvalue weighted by atomic mass is 32.2. The van der Waals surface area contributed by atoms with Gasteiger partial charge in [0.25, 0.3) is 0 Å². The van der Waals surface area contributed by atoms with Crippen molar-refractivity contribution < 1.29 is 9.47 Å². The van der Waals surface area contributed by atoms with E-state index in [1.807, 2.05) is 43.3 Å². The van der Waals surface area contributed by atoms with Crippen LogP contribution >= 0.6 is 11.8 Å². The molecule has 0 bridgehead atoms. The van der Waals surface area contributed by atoms with Gasteiger partial charge in [-0.1, -0.05) is 30.0 Å². The van der Waals surface area contributed by atoms with E-state index in [1.165, 1.54) is 4.90 Å². The first-order valence-corrected chi connectivity index (χ1v) is 6.69. The SMILES string of the molecule is CCOc1ccc(OC)c(Sc2ccccc2)c1. The average Bonchev–Trinajstić information content (AvgIpc) is 2.41. The maximum Gasteiger partial charge on any atom is 0.133 e. The van der Waals surface area contributed by atoms with Crippen molar-refractivity contribution in [1.29, 1.82) is 0 Å². The summed E-state index contributed by atoms with van der Waals surface area (Å²) in [6.07, 6.45) is 0. The number of hydrogen-bond donors (Lipinski definition) is 0. The van der Waals surface area contributed by atoms with Crippen LogP contribution < -0.4 is 9.47 Å². The molecule has 0 aliphatic rings. The molecule has 0 saturated carbocycles. The fourth-order valence-corrected chi connectivity index (χ4v) is 2.58. The molecule has 0 fully saturated rings. The van der Waals surface area contributed by atoms with Gasteiger partial charge in [-0.05, 0) is 37.3 Å². The second kappa shape index (κ2) is 6.36. The Morgan fingerprint density at radius 1 is 1.06 bits per heavy atom. The molecule has 0 atom stereocenters. The zero-order valence-corrected chi connectivity index (χ0v) is 11.4. The molecule has 0 heterocycles. The Balaban J connectivity index is 2.26. The predicted molar refractivity (Wildman–Crippen MR) is 74.7 cm³/mol. The van der Waals surface area contributed by atoms with Crippen LogP contribution in [0.5, 0.6) is 11.5 Å². The van der Waals surface area contributed by atoms with Gasteiger partial charge >= 0.3 is 0 Å². The number of hydrogen-bond acceptors (Lipinski definition) is 3. The van der Waals surface area contributed by atoms with E-state index in [0.29, 0.717) is 6.61 Å². The maximum atomic E-state index is 5.51. The Bertz CT molecular complexity index is 497. The van der Waals surface area contributed by atoms with Crippen LogP contribution in [-0.2, 0) is 0 Å². The Morgan fingerprint density at radius 3 is 2.50 bits per heavy atom. The van der Waals surface area contributed by atoms with Crippen molar-refractivity contribution in [2.24, 2.45) is 0 Å². The summed E-state index contributed by atoms with van der Waals surface area (Å²) in [7, 11) is 1.69. The van der Waals surface area contributed by atoms with Crippen LogP contribution in [0.15, 0.2) is 58.3 Å². The molecule has 3 heteroatoms. The third-order valence-corrected chi connectivity index (χ3v) is 3.46. The fraction of sp³-hybridized carbons (Fsp3) is 0.200. The van der Waals surface area contributed by atoms with Gasteiger partial charge in [0.15, 0.2) is 0 Å². The summed E-state index contributed by atoms with van der Waals surface area (Å²) in [4.78, 5) is 2.25. The summed E-state index contributed by atoms with van der Waals surface area (Å²) in [5, 5.41) is 0. The van der Waals surface area contributed by atoms with Gasteiger partial charge in [-0.25, -0.2) is 0 Å². The van der Waals surface area contributed by atoms with E-state index < -0.39 is 0 Å². The monoisotopic (exact) mass is 260 g/mol. The minimum Gasteiger partial charge on any atom is -0.496 e. The quantitative estimate of drug-likeness (QED) is 0.801. The lowest BCUT2D eigenvalue weighted by atomic mass is 10.3. The van der Waals surface area contributed by atoms with Gasteiger partial charge < -0.3 is 9.47 Å². The van der Waals surface area contributed by atoms with Crippen molar-refractivity contribution >= 4 is 11.8 Å². The molecule has 0 aliphatic carbocycles. The molecule has 0 radical (unpaired) electrons. The average molecular weight is 260 g/mol. The number of methoxy groups -OCH3 is 1. The molecule has 2 nitrogen and oxygen atoms in total. The Kier molecular flexibility index (Phi) is 4.53. The predicted octanol–water partition coefficient (Wildman–Crippen LogP) is 4.25. The Labute approximate surface area is 112 Å². The molecule has 0 saturated heterocycles. The summed E-state index contributed by atoms with van der Waals surface area (Å²) < 4.78 is 10.9.